The van der Waals surface area contributed by atoms with E-state index in [0.29, 0.717) is 5.56 Å². The van der Waals surface area contributed by atoms with Gasteiger partial charge in [-0.3, -0.25) is 4.79 Å². The summed E-state index contributed by atoms with van der Waals surface area (Å²) in [7, 11) is 1.59. The number of hydrogen-bond donors (Lipinski definition) is 1. The first-order valence-electron chi connectivity index (χ1n) is 5.74. The van der Waals surface area contributed by atoms with Crippen molar-refractivity contribution in [3.05, 3.63) is 42.0 Å². The Hall–Kier alpha value is -2.54. The summed E-state index contributed by atoms with van der Waals surface area (Å²) in [5, 5.41) is 20.1. The molecule has 1 N–H and O–H groups in total. The molecule has 1 atom stereocenters. The third-order valence-electron chi connectivity index (χ3n) is 3.28. The molecule has 0 saturated heterocycles. The number of nitrogens with zero attached hydrogens (tertiary/aromatic N) is 1. The van der Waals surface area contributed by atoms with E-state index in [1.807, 2.05) is 18.2 Å². The minimum Gasteiger partial charge on any atom is -0.497 e. The zero-order valence-electron chi connectivity index (χ0n) is 10.7. The van der Waals surface area contributed by atoms with Crippen LogP contribution in [0, 0.1) is 11.3 Å². The Labute approximate surface area is 110 Å². The second-order valence-electron chi connectivity index (χ2n) is 4.47. The number of benzene rings is 2. The lowest BCUT2D eigenvalue weighted by Crippen LogP contribution is -2.30. The number of aliphatic carboxylic acids is 1. The first kappa shape index (κ1) is 12.9. The van der Waals surface area contributed by atoms with Gasteiger partial charge in [0, 0.05) is 0 Å². The fourth-order valence-corrected chi connectivity index (χ4v) is 1.90. The van der Waals surface area contributed by atoms with Gasteiger partial charge in [0.2, 0.25) is 0 Å². The summed E-state index contributed by atoms with van der Waals surface area (Å²) in [5.41, 5.74) is -1.06. The summed E-state index contributed by atoms with van der Waals surface area (Å²) in [6.45, 7) is 1.40. The fourth-order valence-electron chi connectivity index (χ4n) is 1.90. The molecule has 2 rings (SSSR count). The number of hydrogen-bond acceptors (Lipinski definition) is 3. The molecule has 4 nitrogen and oxygen atoms in total. The molecule has 0 aliphatic heterocycles. The van der Waals surface area contributed by atoms with Crippen molar-refractivity contribution in [1.82, 2.24) is 0 Å². The lowest BCUT2D eigenvalue weighted by molar-refractivity contribution is -0.140. The number of carboxylic acid groups (broad SMARTS) is 1. The Morgan fingerprint density at radius 2 is 1.89 bits per heavy atom. The van der Waals surface area contributed by atoms with E-state index >= 15 is 0 Å². The van der Waals surface area contributed by atoms with Crippen LogP contribution < -0.4 is 4.74 Å². The Bertz CT molecular complexity index is 687. The monoisotopic (exact) mass is 255 g/mol. The number of fused-ring (bicyclic) bond motifs is 1. The van der Waals surface area contributed by atoms with Crippen molar-refractivity contribution in [2.24, 2.45) is 0 Å². The number of ether oxygens (including phenoxy) is 1. The van der Waals surface area contributed by atoms with Gasteiger partial charge in [-0.2, -0.15) is 5.26 Å². The predicted octanol–water partition coefficient (Wildman–Crippen LogP) is 2.71. The van der Waals surface area contributed by atoms with Gasteiger partial charge in [-0.05, 0) is 41.5 Å². The van der Waals surface area contributed by atoms with Crippen molar-refractivity contribution >= 4 is 16.7 Å². The molecule has 0 spiro atoms. The normalized spacial score (nSPS) is 13.5. The van der Waals surface area contributed by atoms with Crippen LogP contribution in [0.4, 0.5) is 0 Å². The fraction of sp³-hybridized carbons (Fsp3) is 0.200. The number of nitriles is 1. The molecule has 0 aliphatic carbocycles. The maximum absolute atomic E-state index is 11.2. The van der Waals surface area contributed by atoms with E-state index in [1.54, 1.807) is 31.4 Å². The maximum Gasteiger partial charge on any atom is 0.328 e. The topological polar surface area (TPSA) is 70.3 Å². The molecule has 0 radical (unpaired) electrons. The zero-order valence-corrected chi connectivity index (χ0v) is 10.7. The molecule has 0 aliphatic rings. The molecular weight excluding hydrogens is 242 g/mol. The van der Waals surface area contributed by atoms with E-state index in [9.17, 15) is 9.90 Å². The van der Waals surface area contributed by atoms with E-state index in [-0.39, 0.29) is 0 Å². The number of carboxylic acids is 1. The van der Waals surface area contributed by atoms with Gasteiger partial charge >= 0.3 is 5.97 Å². The smallest absolute Gasteiger partial charge is 0.328 e. The van der Waals surface area contributed by atoms with Gasteiger partial charge in [0.25, 0.3) is 0 Å². The molecular formula is C15H13NO3. The van der Waals surface area contributed by atoms with Crippen molar-refractivity contribution in [1.29, 1.82) is 5.26 Å². The second-order valence-corrected chi connectivity index (χ2v) is 4.47. The van der Waals surface area contributed by atoms with Gasteiger partial charge in [-0.1, -0.05) is 18.2 Å². The lowest BCUT2D eigenvalue weighted by Gasteiger charge is -2.17. The summed E-state index contributed by atoms with van der Waals surface area (Å²) in [4.78, 5) is 11.2. The molecule has 0 fully saturated rings. The van der Waals surface area contributed by atoms with Crippen molar-refractivity contribution in [2.45, 2.75) is 12.3 Å². The van der Waals surface area contributed by atoms with Crippen molar-refractivity contribution in [2.75, 3.05) is 7.11 Å². The highest BCUT2D eigenvalue weighted by Gasteiger charge is 2.35. The number of methoxy groups -OCH3 is 1. The summed E-state index contributed by atoms with van der Waals surface area (Å²) < 4.78 is 5.13. The molecule has 1 unspecified atom stereocenters. The summed E-state index contributed by atoms with van der Waals surface area (Å²) >= 11 is 0. The predicted molar refractivity (Wildman–Crippen MR) is 71.1 cm³/mol. The van der Waals surface area contributed by atoms with E-state index in [2.05, 4.69) is 0 Å². The van der Waals surface area contributed by atoms with Crippen LogP contribution in [0.3, 0.4) is 0 Å². The SMILES string of the molecule is COc1ccc2cc(C(C)(C#N)C(=O)O)ccc2c1. The van der Waals surface area contributed by atoms with E-state index in [4.69, 9.17) is 10.00 Å². The molecule has 96 valence electrons. The Morgan fingerprint density at radius 1 is 1.26 bits per heavy atom. The molecule has 0 aromatic heterocycles. The summed E-state index contributed by atoms with van der Waals surface area (Å²) in [6.07, 6.45) is 0. The van der Waals surface area contributed by atoms with Crippen molar-refractivity contribution in [3.8, 4) is 11.8 Å². The third kappa shape index (κ3) is 2.11. The van der Waals surface area contributed by atoms with E-state index in [1.165, 1.54) is 6.92 Å². The Morgan fingerprint density at radius 3 is 2.47 bits per heavy atom. The van der Waals surface area contributed by atoms with Crippen LogP contribution in [0.2, 0.25) is 0 Å². The Kier molecular flexibility index (Phi) is 3.14. The minimum atomic E-state index is -1.53. The molecule has 19 heavy (non-hydrogen) atoms. The van der Waals surface area contributed by atoms with Crippen LogP contribution in [0.5, 0.6) is 5.75 Å². The zero-order chi connectivity index (χ0) is 14.0. The maximum atomic E-state index is 11.2. The van der Waals surface area contributed by atoms with Gasteiger partial charge in [0.1, 0.15) is 5.75 Å². The molecule has 0 heterocycles. The highest BCUT2D eigenvalue weighted by Crippen LogP contribution is 2.28. The molecule has 0 bridgehead atoms. The molecule has 2 aromatic carbocycles. The molecule has 2 aromatic rings. The van der Waals surface area contributed by atoms with Crippen molar-refractivity contribution in [3.63, 3.8) is 0 Å². The average molecular weight is 255 g/mol. The average Bonchev–Trinajstić information content (AvgIpc) is 2.44. The minimum absolute atomic E-state index is 0.472. The Balaban J connectivity index is 2.60. The molecule has 0 amide bonds. The summed E-state index contributed by atoms with van der Waals surface area (Å²) in [5.74, 6) is -0.413. The molecule has 4 heteroatoms. The van der Waals surface area contributed by atoms with E-state index in [0.717, 1.165) is 16.5 Å². The number of rotatable bonds is 3. The van der Waals surface area contributed by atoms with Gasteiger partial charge in [-0.25, -0.2) is 0 Å². The van der Waals surface area contributed by atoms with Crippen LogP contribution in [0.15, 0.2) is 36.4 Å². The van der Waals surface area contributed by atoms with Gasteiger partial charge in [-0.15, -0.1) is 0 Å². The first-order valence-corrected chi connectivity index (χ1v) is 5.74. The van der Waals surface area contributed by atoms with Gasteiger partial charge < -0.3 is 9.84 Å². The highest BCUT2D eigenvalue weighted by molar-refractivity contribution is 5.89. The highest BCUT2D eigenvalue weighted by atomic mass is 16.5. The van der Waals surface area contributed by atoms with Crippen LogP contribution in [0.1, 0.15) is 12.5 Å². The van der Waals surface area contributed by atoms with Gasteiger partial charge in [0.05, 0.1) is 13.2 Å². The van der Waals surface area contributed by atoms with Crippen LogP contribution in [0.25, 0.3) is 10.8 Å². The first-order chi connectivity index (χ1) is 9.01. The third-order valence-corrected chi connectivity index (χ3v) is 3.28. The standard InChI is InChI=1S/C15H13NO3/c1-15(9-16,14(17)18)12-5-3-11-8-13(19-2)6-4-10(11)7-12/h3-8H,1-2H3,(H,17,18). The van der Waals surface area contributed by atoms with Crippen molar-refractivity contribution < 1.29 is 14.6 Å². The number of carbonyl (C=O) groups is 1. The van der Waals surface area contributed by atoms with Crippen LogP contribution in [-0.4, -0.2) is 18.2 Å². The summed E-state index contributed by atoms with van der Waals surface area (Å²) in [6, 6.07) is 12.6. The molecule has 0 saturated carbocycles. The van der Waals surface area contributed by atoms with Gasteiger partial charge in [0.15, 0.2) is 5.41 Å². The van der Waals surface area contributed by atoms with Crippen LogP contribution in [-0.2, 0) is 10.2 Å². The lowest BCUT2D eigenvalue weighted by atomic mass is 9.83. The quantitative estimate of drug-likeness (QED) is 0.915. The van der Waals surface area contributed by atoms with E-state index < -0.39 is 11.4 Å². The largest absolute Gasteiger partial charge is 0.497 e. The van der Waals surface area contributed by atoms with Crippen LogP contribution >= 0.6 is 0 Å². The second kappa shape index (κ2) is 4.62.